The van der Waals surface area contributed by atoms with E-state index in [0.29, 0.717) is 0 Å². The molecule has 0 saturated carbocycles. The molecule has 0 aromatic heterocycles. The zero-order valence-electron chi connectivity index (χ0n) is 13.4. The third kappa shape index (κ3) is 2.51. The Balaban J connectivity index is 1.79. The summed E-state index contributed by atoms with van der Waals surface area (Å²) in [6, 6.07) is 8.42. The lowest BCUT2D eigenvalue weighted by molar-refractivity contribution is 0.0685. The third-order valence-electron chi connectivity index (χ3n) is 4.79. The highest BCUT2D eigenvalue weighted by Gasteiger charge is 2.35. The van der Waals surface area contributed by atoms with Gasteiger partial charge >= 0.3 is 0 Å². The van der Waals surface area contributed by atoms with Gasteiger partial charge < -0.3 is 10.6 Å². The van der Waals surface area contributed by atoms with E-state index in [-0.39, 0.29) is 6.04 Å². The van der Waals surface area contributed by atoms with E-state index >= 15 is 0 Å². The van der Waals surface area contributed by atoms with Crippen molar-refractivity contribution in [3.8, 4) is 0 Å². The number of aryl methyl sites for hydroxylation is 1. The van der Waals surface area contributed by atoms with Crippen LogP contribution in [0.1, 0.15) is 30.4 Å². The maximum Gasteiger partial charge on any atom is 0.132 e. The first-order chi connectivity index (χ1) is 11.2. The van der Waals surface area contributed by atoms with Crippen LogP contribution in [0.15, 0.2) is 46.9 Å². The largest absolute Gasteiger partial charge is 0.395 e. The first kappa shape index (κ1) is 14.3. The Bertz CT molecular complexity index is 713. The van der Waals surface area contributed by atoms with Crippen LogP contribution in [0.2, 0.25) is 0 Å². The topological polar surface area (TPSA) is 62.9 Å². The van der Waals surface area contributed by atoms with Crippen LogP contribution in [-0.4, -0.2) is 29.7 Å². The second kappa shape index (κ2) is 5.74. The van der Waals surface area contributed by atoms with E-state index in [1.54, 1.807) is 0 Å². The number of allylic oxidation sites excluding steroid dienone is 1. The number of nitrogens with one attached hydrogen (secondary N) is 1. The predicted molar refractivity (Wildman–Crippen MR) is 91.2 cm³/mol. The lowest BCUT2D eigenvalue weighted by Gasteiger charge is -2.34. The number of benzene rings is 1. The van der Waals surface area contributed by atoms with Crippen LogP contribution in [0.3, 0.4) is 0 Å². The van der Waals surface area contributed by atoms with Gasteiger partial charge in [-0.1, -0.05) is 35.0 Å². The average Bonchev–Trinajstić information content (AvgIpc) is 3.06. The SMILES string of the molecule is Cc1cccc(C2=CC(N3CCCCC3)=C(N)C3=NONC23)c1. The number of likely N-dealkylation sites (tertiary alicyclic amines) is 1. The summed E-state index contributed by atoms with van der Waals surface area (Å²) in [4.78, 5) is 7.52. The molecule has 5 heteroatoms. The number of piperidine rings is 1. The Morgan fingerprint density at radius 3 is 2.87 bits per heavy atom. The Morgan fingerprint density at radius 2 is 2.09 bits per heavy atom. The maximum absolute atomic E-state index is 6.41. The van der Waals surface area contributed by atoms with Crippen molar-refractivity contribution in [2.45, 2.75) is 32.2 Å². The van der Waals surface area contributed by atoms with Crippen LogP contribution in [0.5, 0.6) is 0 Å². The van der Waals surface area contributed by atoms with Crippen LogP contribution in [0, 0.1) is 6.92 Å². The Morgan fingerprint density at radius 1 is 1.26 bits per heavy atom. The molecule has 0 radical (unpaired) electrons. The van der Waals surface area contributed by atoms with Crippen LogP contribution < -0.4 is 11.2 Å². The van der Waals surface area contributed by atoms with E-state index in [1.807, 2.05) is 0 Å². The summed E-state index contributed by atoms with van der Waals surface area (Å²) in [7, 11) is 0. The molecule has 2 heterocycles. The fraction of sp³-hybridized carbons (Fsp3) is 0.389. The molecule has 3 aliphatic rings. The molecule has 5 nitrogen and oxygen atoms in total. The summed E-state index contributed by atoms with van der Waals surface area (Å²) < 4.78 is 0. The van der Waals surface area contributed by atoms with Crippen molar-refractivity contribution >= 4 is 11.3 Å². The molecule has 120 valence electrons. The Hall–Kier alpha value is -2.27. The van der Waals surface area contributed by atoms with Gasteiger partial charge in [0.25, 0.3) is 0 Å². The van der Waals surface area contributed by atoms with E-state index in [4.69, 9.17) is 10.7 Å². The second-order valence-corrected chi connectivity index (χ2v) is 6.43. The number of hydrogen-bond acceptors (Lipinski definition) is 5. The van der Waals surface area contributed by atoms with Crippen molar-refractivity contribution in [1.82, 2.24) is 10.4 Å². The number of nitrogens with zero attached hydrogens (tertiary/aromatic N) is 2. The minimum absolute atomic E-state index is 0.0923. The molecule has 1 aromatic carbocycles. The summed E-state index contributed by atoms with van der Waals surface area (Å²) in [5.41, 5.74) is 15.6. The molecular formula is C18H22N4O. The average molecular weight is 310 g/mol. The minimum atomic E-state index is -0.0923. The van der Waals surface area contributed by atoms with Crippen molar-refractivity contribution in [2.24, 2.45) is 10.9 Å². The molecule has 1 aromatic rings. The highest BCUT2D eigenvalue weighted by atomic mass is 16.8. The molecular weight excluding hydrogens is 288 g/mol. The van der Waals surface area contributed by atoms with Crippen LogP contribution in [0.25, 0.3) is 5.57 Å². The lowest BCUT2D eigenvalue weighted by Crippen LogP contribution is -2.40. The standard InChI is InChI=1S/C18H22N4O/c1-12-6-5-7-13(10-12)14-11-15(22-8-3-2-4-9-22)16(19)18-17(14)20-23-21-18/h5-7,10-11,17,20H,2-4,8-9,19H2,1H3. The molecule has 2 aliphatic heterocycles. The highest BCUT2D eigenvalue weighted by molar-refractivity contribution is 6.13. The van der Waals surface area contributed by atoms with E-state index in [2.05, 4.69) is 52.8 Å². The van der Waals surface area contributed by atoms with Gasteiger partial charge in [-0.3, -0.25) is 4.94 Å². The maximum atomic E-state index is 6.41. The van der Waals surface area contributed by atoms with Gasteiger partial charge in [0, 0.05) is 13.1 Å². The molecule has 1 unspecified atom stereocenters. The monoisotopic (exact) mass is 310 g/mol. The molecule has 23 heavy (non-hydrogen) atoms. The molecule has 1 fully saturated rings. The van der Waals surface area contributed by atoms with Gasteiger partial charge in [-0.15, -0.1) is 5.48 Å². The molecule has 4 rings (SSSR count). The van der Waals surface area contributed by atoms with Crippen LogP contribution >= 0.6 is 0 Å². The number of hydrogen-bond donors (Lipinski definition) is 2. The van der Waals surface area contributed by atoms with Gasteiger partial charge in [0.15, 0.2) is 0 Å². The summed E-state index contributed by atoms with van der Waals surface area (Å²) in [5.74, 6) is 0. The molecule has 3 N–H and O–H groups in total. The number of rotatable bonds is 2. The zero-order chi connectivity index (χ0) is 15.8. The molecule has 0 amide bonds. The van der Waals surface area contributed by atoms with Crippen molar-refractivity contribution in [1.29, 1.82) is 0 Å². The first-order valence-corrected chi connectivity index (χ1v) is 8.27. The van der Waals surface area contributed by atoms with Gasteiger partial charge in [-0.2, -0.15) is 0 Å². The van der Waals surface area contributed by atoms with E-state index in [0.717, 1.165) is 30.2 Å². The number of fused-ring (bicyclic) bond motifs is 1. The van der Waals surface area contributed by atoms with Crippen molar-refractivity contribution in [2.75, 3.05) is 13.1 Å². The second-order valence-electron chi connectivity index (χ2n) is 6.43. The molecule has 1 atom stereocenters. The summed E-state index contributed by atoms with van der Waals surface area (Å²) >= 11 is 0. The number of oxime groups is 1. The fourth-order valence-electron chi connectivity index (χ4n) is 3.56. The van der Waals surface area contributed by atoms with Crippen molar-refractivity contribution < 1.29 is 4.94 Å². The number of hydroxylamine groups is 1. The highest BCUT2D eigenvalue weighted by Crippen LogP contribution is 2.32. The van der Waals surface area contributed by atoms with Crippen molar-refractivity contribution in [3.63, 3.8) is 0 Å². The summed E-state index contributed by atoms with van der Waals surface area (Å²) in [6.07, 6.45) is 5.94. The predicted octanol–water partition coefficient (Wildman–Crippen LogP) is 2.31. The smallest absolute Gasteiger partial charge is 0.132 e. The van der Waals surface area contributed by atoms with Gasteiger partial charge in [-0.05, 0) is 43.4 Å². The van der Waals surface area contributed by atoms with Gasteiger partial charge in [0.1, 0.15) is 11.8 Å². The van der Waals surface area contributed by atoms with Crippen molar-refractivity contribution in [3.05, 3.63) is 52.9 Å². The minimum Gasteiger partial charge on any atom is -0.395 e. The Kier molecular flexibility index (Phi) is 3.58. The van der Waals surface area contributed by atoms with Crippen LogP contribution in [-0.2, 0) is 4.94 Å². The van der Waals surface area contributed by atoms with E-state index in [1.165, 1.54) is 36.0 Å². The van der Waals surface area contributed by atoms with Gasteiger partial charge in [0.2, 0.25) is 0 Å². The third-order valence-corrected chi connectivity index (χ3v) is 4.79. The van der Waals surface area contributed by atoms with Gasteiger partial charge in [-0.25, -0.2) is 0 Å². The molecule has 1 saturated heterocycles. The first-order valence-electron chi connectivity index (χ1n) is 8.27. The Labute approximate surface area is 136 Å². The normalized spacial score (nSPS) is 24.0. The summed E-state index contributed by atoms with van der Waals surface area (Å²) in [6.45, 7) is 4.22. The van der Waals surface area contributed by atoms with E-state index < -0.39 is 0 Å². The van der Waals surface area contributed by atoms with E-state index in [9.17, 15) is 0 Å². The van der Waals surface area contributed by atoms with Gasteiger partial charge in [0.05, 0.1) is 11.4 Å². The summed E-state index contributed by atoms with van der Waals surface area (Å²) in [5, 5.41) is 4.14. The quantitative estimate of drug-likeness (QED) is 0.880. The molecule has 0 bridgehead atoms. The molecule has 0 spiro atoms. The zero-order valence-corrected chi connectivity index (χ0v) is 13.4. The number of nitrogens with two attached hydrogens (primary N) is 1. The lowest BCUT2D eigenvalue weighted by atomic mass is 9.87. The fourth-order valence-corrected chi connectivity index (χ4v) is 3.56. The molecule has 1 aliphatic carbocycles. The van der Waals surface area contributed by atoms with Crippen LogP contribution in [0.4, 0.5) is 0 Å².